The van der Waals surface area contributed by atoms with Crippen molar-refractivity contribution < 1.29 is 23.8 Å². The lowest BCUT2D eigenvalue weighted by Crippen LogP contribution is -2.26. The van der Waals surface area contributed by atoms with Crippen LogP contribution in [0.15, 0.2) is 48.5 Å². The number of amides is 1. The fraction of sp³-hybridized carbons (Fsp3) is 0.394. The van der Waals surface area contributed by atoms with E-state index in [-0.39, 0.29) is 23.9 Å². The summed E-state index contributed by atoms with van der Waals surface area (Å²) in [5.41, 5.74) is 4.77. The van der Waals surface area contributed by atoms with Crippen LogP contribution in [0.2, 0.25) is 0 Å². The number of methoxy groups -OCH3 is 1. The predicted molar refractivity (Wildman–Crippen MR) is 161 cm³/mol. The Balaban J connectivity index is 1.48. The van der Waals surface area contributed by atoms with Crippen molar-refractivity contribution in [1.29, 1.82) is 0 Å². The van der Waals surface area contributed by atoms with Gasteiger partial charge in [-0.05, 0) is 84.9 Å². The van der Waals surface area contributed by atoms with Crippen LogP contribution in [0.5, 0.6) is 11.5 Å². The van der Waals surface area contributed by atoms with Crippen LogP contribution in [0.25, 0.3) is 6.08 Å². The topological polar surface area (TPSA) is 73.9 Å². The Morgan fingerprint density at radius 2 is 1.90 bits per heavy atom. The first kappa shape index (κ1) is 29.4. The highest BCUT2D eigenvalue weighted by Gasteiger charge is 2.34. The Morgan fingerprint density at radius 1 is 1.12 bits per heavy atom. The highest BCUT2D eigenvalue weighted by molar-refractivity contribution is 7.17. The summed E-state index contributed by atoms with van der Waals surface area (Å²) < 4.78 is 16.9. The first-order valence-electron chi connectivity index (χ1n) is 13.8. The van der Waals surface area contributed by atoms with Crippen LogP contribution in [0.3, 0.4) is 0 Å². The van der Waals surface area contributed by atoms with Gasteiger partial charge in [0.25, 0.3) is 0 Å². The molecular formula is C33H39NO5S. The maximum atomic E-state index is 13.0. The van der Waals surface area contributed by atoms with Gasteiger partial charge in [0.1, 0.15) is 11.6 Å². The monoisotopic (exact) mass is 561 g/mol. The third kappa shape index (κ3) is 6.94. The summed E-state index contributed by atoms with van der Waals surface area (Å²) in [6.07, 6.45) is 5.91. The fourth-order valence-corrected chi connectivity index (χ4v) is 6.31. The Kier molecular flexibility index (Phi) is 9.36. The van der Waals surface area contributed by atoms with Gasteiger partial charge in [0.2, 0.25) is 5.91 Å². The maximum Gasteiger partial charge on any atom is 0.341 e. The molecule has 1 atom stereocenters. The van der Waals surface area contributed by atoms with E-state index in [9.17, 15) is 9.59 Å². The van der Waals surface area contributed by atoms with Crippen molar-refractivity contribution in [2.45, 2.75) is 60.5 Å². The number of ether oxygens (including phenoxy) is 3. The van der Waals surface area contributed by atoms with E-state index in [1.165, 1.54) is 27.9 Å². The molecule has 0 saturated carbocycles. The summed E-state index contributed by atoms with van der Waals surface area (Å²) in [4.78, 5) is 27.0. The first-order valence-corrected chi connectivity index (χ1v) is 14.6. The zero-order chi connectivity index (χ0) is 28.9. The lowest BCUT2D eigenvalue weighted by Gasteiger charge is -2.33. The lowest BCUT2D eigenvalue weighted by atomic mass is 9.72. The van der Waals surface area contributed by atoms with E-state index >= 15 is 0 Å². The van der Waals surface area contributed by atoms with Gasteiger partial charge in [-0.2, -0.15) is 0 Å². The van der Waals surface area contributed by atoms with Crippen LogP contribution < -0.4 is 14.8 Å². The summed E-state index contributed by atoms with van der Waals surface area (Å²) in [5, 5.41) is 3.51. The Labute approximate surface area is 241 Å². The molecule has 6 nitrogen and oxygen atoms in total. The standard InChI is InChI=1S/C33H39NO5S/c1-7-38-32(36)30-25-15-14-24(33(3,4)5)19-28(25)40-31(30)34-29(35)17-13-22-12-16-26(27(18-22)37-6)39-20-23-11-9-8-10-21(23)2/h8-13,16-18,24H,7,14-15,19-20H2,1-6H3,(H,34,35). The van der Waals surface area contributed by atoms with Crippen molar-refractivity contribution in [3.63, 3.8) is 0 Å². The molecule has 4 rings (SSSR count). The molecular weight excluding hydrogens is 522 g/mol. The minimum atomic E-state index is -0.375. The van der Waals surface area contributed by atoms with Gasteiger partial charge in [0.05, 0.1) is 19.3 Å². The van der Waals surface area contributed by atoms with Gasteiger partial charge in [0.15, 0.2) is 11.5 Å². The third-order valence-corrected chi connectivity index (χ3v) is 8.64. The van der Waals surface area contributed by atoms with Crippen LogP contribution >= 0.6 is 11.3 Å². The number of fused-ring (bicyclic) bond motifs is 1. The molecule has 7 heteroatoms. The van der Waals surface area contributed by atoms with Gasteiger partial charge in [-0.25, -0.2) is 4.79 Å². The van der Waals surface area contributed by atoms with E-state index in [4.69, 9.17) is 14.2 Å². The zero-order valence-corrected chi connectivity index (χ0v) is 25.1. The molecule has 1 heterocycles. The average molecular weight is 562 g/mol. The molecule has 1 unspecified atom stereocenters. The number of anilines is 1. The molecule has 1 amide bonds. The molecule has 0 saturated heterocycles. The molecule has 2 aromatic carbocycles. The molecule has 0 radical (unpaired) electrons. The largest absolute Gasteiger partial charge is 0.493 e. The van der Waals surface area contributed by atoms with Crippen LogP contribution in [0.1, 0.15) is 71.6 Å². The van der Waals surface area contributed by atoms with Crippen LogP contribution in [0, 0.1) is 18.3 Å². The van der Waals surface area contributed by atoms with Gasteiger partial charge in [-0.3, -0.25) is 4.79 Å². The summed E-state index contributed by atoms with van der Waals surface area (Å²) in [5.74, 6) is 1.05. The minimum Gasteiger partial charge on any atom is -0.493 e. The van der Waals surface area contributed by atoms with Crippen molar-refractivity contribution in [3.05, 3.63) is 81.2 Å². The number of carbonyl (C=O) groups excluding carboxylic acids is 2. The Bertz CT molecular complexity index is 1400. The molecule has 1 aromatic heterocycles. The molecule has 0 aliphatic heterocycles. The highest BCUT2D eigenvalue weighted by atomic mass is 32.1. The molecule has 1 aliphatic carbocycles. The number of hydrogen-bond donors (Lipinski definition) is 1. The van der Waals surface area contributed by atoms with Crippen LogP contribution in [-0.4, -0.2) is 25.6 Å². The first-order chi connectivity index (χ1) is 19.1. The van der Waals surface area contributed by atoms with Crippen LogP contribution in [-0.2, 0) is 29.0 Å². The Hall–Kier alpha value is -3.58. The molecule has 212 valence electrons. The second-order valence-corrected chi connectivity index (χ2v) is 12.3. The predicted octanol–water partition coefficient (Wildman–Crippen LogP) is 7.62. The maximum absolute atomic E-state index is 13.0. The summed E-state index contributed by atoms with van der Waals surface area (Å²) in [7, 11) is 1.59. The third-order valence-electron chi connectivity index (χ3n) is 7.47. The number of nitrogens with one attached hydrogen (secondary N) is 1. The smallest absolute Gasteiger partial charge is 0.341 e. The van der Waals surface area contributed by atoms with E-state index in [1.807, 2.05) is 36.4 Å². The number of esters is 1. The van der Waals surface area contributed by atoms with E-state index in [0.29, 0.717) is 34.6 Å². The number of aryl methyl sites for hydroxylation is 1. The second kappa shape index (κ2) is 12.7. The molecule has 1 N–H and O–H groups in total. The number of thiophene rings is 1. The molecule has 0 spiro atoms. The van der Waals surface area contributed by atoms with Crippen molar-refractivity contribution in [2.24, 2.45) is 11.3 Å². The van der Waals surface area contributed by atoms with E-state index in [2.05, 4.69) is 39.1 Å². The van der Waals surface area contributed by atoms with Crippen molar-refractivity contribution in [1.82, 2.24) is 0 Å². The highest BCUT2D eigenvalue weighted by Crippen LogP contribution is 2.44. The molecule has 3 aromatic rings. The molecule has 40 heavy (non-hydrogen) atoms. The quantitative estimate of drug-likeness (QED) is 0.215. The van der Waals surface area contributed by atoms with Gasteiger partial charge < -0.3 is 19.5 Å². The van der Waals surface area contributed by atoms with E-state index in [0.717, 1.165) is 36.0 Å². The summed E-state index contributed by atoms with van der Waals surface area (Å²) in [6.45, 7) is 11.3. The fourth-order valence-electron chi connectivity index (χ4n) is 4.99. The van der Waals surface area contributed by atoms with Crippen molar-refractivity contribution in [3.8, 4) is 11.5 Å². The van der Waals surface area contributed by atoms with E-state index in [1.54, 1.807) is 20.1 Å². The average Bonchev–Trinajstić information content (AvgIpc) is 3.28. The number of benzene rings is 2. The van der Waals surface area contributed by atoms with Gasteiger partial charge in [-0.1, -0.05) is 51.1 Å². The van der Waals surface area contributed by atoms with Crippen LogP contribution in [0.4, 0.5) is 5.00 Å². The minimum absolute atomic E-state index is 0.181. The SMILES string of the molecule is CCOC(=O)c1c(NC(=O)C=Cc2ccc(OCc3ccccc3C)c(OC)c2)sc2c1CCC(C(C)(C)C)C2. The van der Waals surface area contributed by atoms with Gasteiger partial charge in [0, 0.05) is 11.0 Å². The van der Waals surface area contributed by atoms with Gasteiger partial charge in [-0.15, -0.1) is 11.3 Å². The van der Waals surface area contributed by atoms with Crippen molar-refractivity contribution in [2.75, 3.05) is 19.0 Å². The molecule has 0 bridgehead atoms. The molecule has 0 fully saturated rings. The second-order valence-electron chi connectivity index (χ2n) is 11.2. The zero-order valence-electron chi connectivity index (χ0n) is 24.3. The summed E-state index contributed by atoms with van der Waals surface area (Å²) >= 11 is 1.50. The van der Waals surface area contributed by atoms with E-state index < -0.39 is 0 Å². The Morgan fingerprint density at radius 3 is 2.60 bits per heavy atom. The number of hydrogen-bond acceptors (Lipinski definition) is 6. The normalized spacial score (nSPS) is 15.0. The summed E-state index contributed by atoms with van der Waals surface area (Å²) in [6, 6.07) is 13.6. The number of carbonyl (C=O) groups is 2. The van der Waals surface area contributed by atoms with Gasteiger partial charge >= 0.3 is 5.97 Å². The lowest BCUT2D eigenvalue weighted by molar-refractivity contribution is -0.111. The molecule has 1 aliphatic rings. The van der Waals surface area contributed by atoms with Crippen molar-refractivity contribution >= 4 is 34.3 Å². The number of rotatable bonds is 9.